The van der Waals surface area contributed by atoms with Crippen LogP contribution in [0.4, 0.5) is 5.69 Å². The molecule has 0 radical (unpaired) electrons. The molecule has 0 aliphatic heterocycles. The van der Waals surface area contributed by atoms with Crippen molar-refractivity contribution in [1.29, 1.82) is 0 Å². The van der Waals surface area contributed by atoms with Gasteiger partial charge in [-0.15, -0.1) is 0 Å². The molecule has 1 aliphatic carbocycles. The standard InChI is InChI=1S/C17H13NO/c18-15-10-8-13(9-11-15)12-4-6-14(7-5-12)16-2-1-3-17(16)19/h1-11H,18H2. The van der Waals surface area contributed by atoms with Crippen LogP contribution in [-0.4, -0.2) is 5.78 Å². The second kappa shape index (κ2) is 4.58. The summed E-state index contributed by atoms with van der Waals surface area (Å²) in [6.07, 6.45) is 5.22. The quantitative estimate of drug-likeness (QED) is 0.826. The first kappa shape index (κ1) is 11.5. The smallest absolute Gasteiger partial charge is 0.186 e. The maximum atomic E-state index is 11.6. The first-order valence-corrected chi connectivity index (χ1v) is 6.13. The third kappa shape index (κ3) is 2.20. The highest BCUT2D eigenvalue weighted by Crippen LogP contribution is 2.25. The maximum absolute atomic E-state index is 11.6. The average molecular weight is 247 g/mol. The summed E-state index contributed by atoms with van der Waals surface area (Å²) in [6.45, 7) is 0. The van der Waals surface area contributed by atoms with Crippen molar-refractivity contribution in [1.82, 2.24) is 0 Å². The van der Waals surface area contributed by atoms with Gasteiger partial charge in [0.2, 0.25) is 0 Å². The van der Waals surface area contributed by atoms with Crippen LogP contribution in [0.2, 0.25) is 0 Å². The summed E-state index contributed by atoms with van der Waals surface area (Å²) in [5.41, 5.74) is 10.4. The number of anilines is 1. The third-order valence-electron chi connectivity index (χ3n) is 3.22. The Morgan fingerprint density at radius 3 is 1.79 bits per heavy atom. The van der Waals surface area contributed by atoms with E-state index in [4.69, 9.17) is 5.73 Å². The molecule has 2 aromatic carbocycles. The van der Waals surface area contributed by atoms with Gasteiger partial charge < -0.3 is 5.73 Å². The molecular formula is C17H13NO. The number of hydrogen-bond acceptors (Lipinski definition) is 2. The van der Waals surface area contributed by atoms with Crippen molar-refractivity contribution < 1.29 is 4.79 Å². The molecule has 0 spiro atoms. The van der Waals surface area contributed by atoms with Gasteiger partial charge in [-0.1, -0.05) is 48.6 Å². The highest BCUT2D eigenvalue weighted by Gasteiger charge is 2.11. The molecule has 0 unspecified atom stereocenters. The van der Waals surface area contributed by atoms with Gasteiger partial charge in [-0.05, 0) is 34.9 Å². The van der Waals surface area contributed by atoms with Crippen molar-refractivity contribution in [3.8, 4) is 11.1 Å². The lowest BCUT2D eigenvalue weighted by Gasteiger charge is -2.05. The van der Waals surface area contributed by atoms with Gasteiger partial charge >= 0.3 is 0 Å². The Bertz CT molecular complexity index is 676. The van der Waals surface area contributed by atoms with E-state index in [1.165, 1.54) is 0 Å². The Balaban J connectivity index is 1.91. The van der Waals surface area contributed by atoms with Crippen LogP contribution < -0.4 is 5.73 Å². The van der Waals surface area contributed by atoms with Crippen LogP contribution in [0.25, 0.3) is 16.7 Å². The molecule has 0 atom stereocenters. The van der Waals surface area contributed by atoms with E-state index in [1.807, 2.05) is 54.6 Å². The Labute approximate surface area is 111 Å². The number of ketones is 1. The Hall–Kier alpha value is -2.61. The molecule has 0 saturated heterocycles. The molecule has 3 rings (SSSR count). The minimum atomic E-state index is 0.0697. The fourth-order valence-corrected chi connectivity index (χ4v) is 2.16. The van der Waals surface area contributed by atoms with Crippen LogP contribution in [0.15, 0.2) is 66.8 Å². The Kier molecular flexibility index (Phi) is 2.76. The summed E-state index contributed by atoms with van der Waals surface area (Å²) in [7, 11) is 0. The summed E-state index contributed by atoms with van der Waals surface area (Å²) in [6, 6.07) is 15.7. The first-order valence-electron chi connectivity index (χ1n) is 6.13. The minimum Gasteiger partial charge on any atom is -0.399 e. The zero-order valence-electron chi connectivity index (χ0n) is 10.3. The Morgan fingerprint density at radius 1 is 0.737 bits per heavy atom. The average Bonchev–Trinajstić information content (AvgIpc) is 2.86. The SMILES string of the molecule is Nc1ccc(-c2ccc(C3=CC=CC3=O)cc2)cc1. The number of carbonyl (C=O) groups excluding carboxylic acids is 1. The lowest BCUT2D eigenvalue weighted by Crippen LogP contribution is -1.93. The van der Waals surface area contributed by atoms with Gasteiger partial charge in [-0.25, -0.2) is 0 Å². The second-order valence-corrected chi connectivity index (χ2v) is 4.50. The number of rotatable bonds is 2. The number of benzene rings is 2. The Morgan fingerprint density at radius 2 is 1.26 bits per heavy atom. The number of allylic oxidation sites excluding steroid dienone is 4. The summed E-state index contributed by atoms with van der Waals surface area (Å²) < 4.78 is 0. The molecule has 2 aromatic rings. The van der Waals surface area contributed by atoms with Crippen LogP contribution in [-0.2, 0) is 4.79 Å². The molecule has 92 valence electrons. The van der Waals surface area contributed by atoms with Gasteiger partial charge in [0.1, 0.15) is 0 Å². The van der Waals surface area contributed by atoms with E-state index in [1.54, 1.807) is 12.2 Å². The van der Waals surface area contributed by atoms with Crippen LogP contribution in [0, 0.1) is 0 Å². The van der Waals surface area contributed by atoms with Gasteiger partial charge in [-0.2, -0.15) is 0 Å². The van der Waals surface area contributed by atoms with E-state index in [0.717, 1.165) is 28.0 Å². The topological polar surface area (TPSA) is 43.1 Å². The molecule has 19 heavy (non-hydrogen) atoms. The van der Waals surface area contributed by atoms with E-state index >= 15 is 0 Å². The van der Waals surface area contributed by atoms with Crippen LogP contribution >= 0.6 is 0 Å². The van der Waals surface area contributed by atoms with Gasteiger partial charge in [-0.3, -0.25) is 4.79 Å². The molecule has 2 N–H and O–H groups in total. The van der Waals surface area contributed by atoms with Crippen LogP contribution in [0.3, 0.4) is 0 Å². The van der Waals surface area contributed by atoms with Gasteiger partial charge in [0.15, 0.2) is 5.78 Å². The number of nitrogens with two attached hydrogens (primary N) is 1. The van der Waals surface area contributed by atoms with Gasteiger partial charge in [0.25, 0.3) is 0 Å². The number of nitrogen functional groups attached to an aromatic ring is 1. The highest BCUT2D eigenvalue weighted by molar-refractivity contribution is 6.28. The lowest BCUT2D eigenvalue weighted by atomic mass is 9.99. The maximum Gasteiger partial charge on any atom is 0.186 e. The molecule has 0 heterocycles. The molecule has 2 nitrogen and oxygen atoms in total. The van der Waals surface area contributed by atoms with Crippen molar-refractivity contribution in [2.75, 3.05) is 5.73 Å². The monoisotopic (exact) mass is 247 g/mol. The summed E-state index contributed by atoms with van der Waals surface area (Å²) in [4.78, 5) is 11.6. The van der Waals surface area contributed by atoms with Crippen molar-refractivity contribution in [2.45, 2.75) is 0 Å². The van der Waals surface area contributed by atoms with Gasteiger partial charge in [0.05, 0.1) is 0 Å². The lowest BCUT2D eigenvalue weighted by molar-refractivity contribution is -0.109. The summed E-state index contributed by atoms with van der Waals surface area (Å²) >= 11 is 0. The summed E-state index contributed by atoms with van der Waals surface area (Å²) in [5, 5.41) is 0. The van der Waals surface area contributed by atoms with E-state index in [9.17, 15) is 4.79 Å². The van der Waals surface area contributed by atoms with Crippen LogP contribution in [0.5, 0.6) is 0 Å². The molecule has 0 amide bonds. The van der Waals surface area contributed by atoms with Gasteiger partial charge in [0, 0.05) is 11.3 Å². The van der Waals surface area contributed by atoms with E-state index in [2.05, 4.69) is 0 Å². The first-order chi connectivity index (χ1) is 9.24. The molecule has 0 fully saturated rings. The van der Waals surface area contributed by atoms with Crippen molar-refractivity contribution in [3.63, 3.8) is 0 Å². The highest BCUT2D eigenvalue weighted by atomic mass is 16.1. The summed E-state index contributed by atoms with van der Waals surface area (Å²) in [5.74, 6) is 0.0697. The fourth-order valence-electron chi connectivity index (χ4n) is 2.16. The van der Waals surface area contributed by atoms with E-state index in [-0.39, 0.29) is 5.78 Å². The molecule has 0 aromatic heterocycles. The predicted molar refractivity (Wildman–Crippen MR) is 78.4 cm³/mol. The minimum absolute atomic E-state index is 0.0697. The molecule has 0 saturated carbocycles. The van der Waals surface area contributed by atoms with Crippen molar-refractivity contribution >= 4 is 17.0 Å². The molecule has 2 heteroatoms. The third-order valence-corrected chi connectivity index (χ3v) is 3.22. The largest absolute Gasteiger partial charge is 0.399 e. The number of carbonyl (C=O) groups is 1. The normalized spacial score (nSPS) is 13.7. The zero-order chi connectivity index (χ0) is 13.2. The number of hydrogen-bond donors (Lipinski definition) is 1. The zero-order valence-corrected chi connectivity index (χ0v) is 10.3. The second-order valence-electron chi connectivity index (χ2n) is 4.50. The van der Waals surface area contributed by atoms with Crippen LogP contribution in [0.1, 0.15) is 5.56 Å². The molecule has 0 bridgehead atoms. The fraction of sp³-hybridized carbons (Fsp3) is 0. The van der Waals surface area contributed by atoms with E-state index in [0.29, 0.717) is 0 Å². The molecule has 1 aliphatic rings. The van der Waals surface area contributed by atoms with Crippen molar-refractivity contribution in [3.05, 3.63) is 72.3 Å². The van der Waals surface area contributed by atoms with Crippen molar-refractivity contribution in [2.24, 2.45) is 0 Å². The van der Waals surface area contributed by atoms with E-state index < -0.39 is 0 Å². The predicted octanol–water partition coefficient (Wildman–Crippen LogP) is 3.46. The molecular weight excluding hydrogens is 234 g/mol.